The van der Waals surface area contributed by atoms with E-state index in [0.29, 0.717) is 17.8 Å². The Bertz CT molecular complexity index is 860. The number of unbranched alkanes of at least 4 members (excludes halogenated alkanes) is 1. The minimum Gasteiger partial charge on any atom is -0.490 e. The summed E-state index contributed by atoms with van der Waals surface area (Å²) in [5.41, 5.74) is -0.596. The lowest BCUT2D eigenvalue weighted by Gasteiger charge is -2.27. The Balaban J connectivity index is 1.74. The molecule has 2 aromatic rings. The van der Waals surface area contributed by atoms with Crippen LogP contribution in [0.3, 0.4) is 0 Å². The first-order valence-electron chi connectivity index (χ1n) is 10.6. The topological polar surface area (TPSA) is 39.4 Å². The second-order valence-corrected chi connectivity index (χ2v) is 7.84. The van der Waals surface area contributed by atoms with Crippen LogP contribution in [-0.4, -0.2) is 6.61 Å². The molecule has 1 aromatic carbocycles. The molecule has 28 heavy (non-hydrogen) atoms. The Kier molecular flexibility index (Phi) is 7.30. The van der Waals surface area contributed by atoms with Crippen molar-refractivity contribution in [2.24, 2.45) is 5.92 Å². The van der Waals surface area contributed by atoms with Crippen LogP contribution >= 0.6 is 0 Å². The molecule has 0 spiro atoms. The zero-order valence-corrected chi connectivity index (χ0v) is 17.0. The minimum atomic E-state index is -0.610. The number of hydrogen-bond acceptors (Lipinski definition) is 3. The Labute approximate surface area is 166 Å². The van der Waals surface area contributed by atoms with Crippen LogP contribution < -0.4 is 10.4 Å². The fraction of sp³-hybridized carbons (Fsp3) is 0.542. The van der Waals surface area contributed by atoms with Gasteiger partial charge in [-0.15, -0.1) is 0 Å². The predicted octanol–water partition coefficient (Wildman–Crippen LogP) is 6.74. The van der Waals surface area contributed by atoms with Crippen LogP contribution in [0.5, 0.6) is 5.75 Å². The number of fused-ring (bicyclic) bond motifs is 1. The highest BCUT2D eigenvalue weighted by Crippen LogP contribution is 2.38. The summed E-state index contributed by atoms with van der Waals surface area (Å²) < 4.78 is 25.8. The van der Waals surface area contributed by atoms with Gasteiger partial charge in [-0.05, 0) is 75.3 Å². The second-order valence-electron chi connectivity index (χ2n) is 7.84. The molecule has 1 saturated carbocycles. The van der Waals surface area contributed by atoms with Gasteiger partial charge in [-0.1, -0.05) is 31.6 Å². The molecule has 0 amide bonds. The van der Waals surface area contributed by atoms with Crippen molar-refractivity contribution in [2.45, 2.75) is 71.1 Å². The third-order valence-electron chi connectivity index (χ3n) is 5.83. The van der Waals surface area contributed by atoms with E-state index in [-0.39, 0.29) is 17.1 Å². The molecule has 1 aliphatic rings. The van der Waals surface area contributed by atoms with Gasteiger partial charge in [0.1, 0.15) is 11.1 Å². The fourth-order valence-electron chi connectivity index (χ4n) is 4.11. The Hall–Kier alpha value is -2.10. The van der Waals surface area contributed by atoms with Gasteiger partial charge in [-0.25, -0.2) is 9.18 Å². The van der Waals surface area contributed by atoms with Crippen molar-refractivity contribution < 1.29 is 13.5 Å². The van der Waals surface area contributed by atoms with E-state index >= 15 is 0 Å². The molecular formula is C24H31FO3. The van der Waals surface area contributed by atoms with Crippen LogP contribution in [0.1, 0.15) is 76.9 Å². The van der Waals surface area contributed by atoms with Gasteiger partial charge in [-0.3, -0.25) is 0 Å². The molecular weight excluding hydrogens is 355 g/mol. The van der Waals surface area contributed by atoms with Crippen molar-refractivity contribution in [3.8, 4) is 5.75 Å². The van der Waals surface area contributed by atoms with Crippen LogP contribution in [0, 0.1) is 11.7 Å². The van der Waals surface area contributed by atoms with Crippen LogP contribution in [0.2, 0.25) is 0 Å². The van der Waals surface area contributed by atoms with Gasteiger partial charge in [0.25, 0.3) is 0 Å². The number of benzene rings is 1. The van der Waals surface area contributed by atoms with Crippen molar-refractivity contribution in [2.75, 3.05) is 6.61 Å². The maximum absolute atomic E-state index is 14.7. The maximum atomic E-state index is 14.7. The number of rotatable bonds is 8. The average Bonchev–Trinajstić information content (AvgIpc) is 2.70. The summed E-state index contributed by atoms with van der Waals surface area (Å²) in [5, 5.41) is 0.597. The maximum Gasteiger partial charge on any atom is 0.346 e. The summed E-state index contributed by atoms with van der Waals surface area (Å²) in [7, 11) is 0. The van der Waals surface area contributed by atoms with Crippen molar-refractivity contribution in [3.05, 3.63) is 52.3 Å². The molecule has 1 heterocycles. The van der Waals surface area contributed by atoms with Gasteiger partial charge in [0.2, 0.25) is 0 Å². The third kappa shape index (κ3) is 4.84. The van der Waals surface area contributed by atoms with Gasteiger partial charge in [0.15, 0.2) is 11.6 Å². The molecule has 0 saturated heterocycles. The monoisotopic (exact) mass is 386 g/mol. The van der Waals surface area contributed by atoms with Gasteiger partial charge in [0.05, 0.1) is 6.61 Å². The molecule has 3 nitrogen and oxygen atoms in total. The quantitative estimate of drug-likeness (QED) is 0.372. The second kappa shape index (κ2) is 9.90. The highest BCUT2D eigenvalue weighted by atomic mass is 19.1. The predicted molar refractivity (Wildman–Crippen MR) is 112 cm³/mol. The first kappa shape index (κ1) is 20.6. The Morgan fingerprint density at radius 1 is 1.25 bits per heavy atom. The van der Waals surface area contributed by atoms with E-state index in [1.165, 1.54) is 6.42 Å². The van der Waals surface area contributed by atoms with E-state index in [1.54, 1.807) is 12.1 Å². The molecule has 4 heteroatoms. The molecule has 0 bridgehead atoms. The number of halogens is 1. The van der Waals surface area contributed by atoms with E-state index in [9.17, 15) is 9.18 Å². The normalized spacial score (nSPS) is 20.1. The molecule has 0 radical (unpaired) electrons. The largest absolute Gasteiger partial charge is 0.490 e. The van der Waals surface area contributed by atoms with Crippen molar-refractivity contribution in [1.82, 2.24) is 0 Å². The first-order chi connectivity index (χ1) is 13.6. The third-order valence-corrected chi connectivity index (χ3v) is 5.83. The lowest BCUT2D eigenvalue weighted by molar-refractivity contribution is 0.281. The average molecular weight is 387 g/mol. The van der Waals surface area contributed by atoms with Crippen LogP contribution in [0.15, 0.2) is 39.6 Å². The van der Waals surface area contributed by atoms with Crippen LogP contribution in [0.4, 0.5) is 4.39 Å². The van der Waals surface area contributed by atoms with E-state index in [2.05, 4.69) is 19.1 Å². The van der Waals surface area contributed by atoms with Crippen LogP contribution in [0.25, 0.3) is 10.8 Å². The van der Waals surface area contributed by atoms with E-state index in [1.807, 2.05) is 13.0 Å². The van der Waals surface area contributed by atoms with Gasteiger partial charge < -0.3 is 9.15 Å². The number of ether oxygens (including phenoxy) is 1. The Morgan fingerprint density at radius 2 is 2.04 bits per heavy atom. The van der Waals surface area contributed by atoms with Crippen molar-refractivity contribution in [1.29, 1.82) is 0 Å². The lowest BCUT2D eigenvalue weighted by atomic mass is 9.79. The molecule has 0 unspecified atom stereocenters. The summed E-state index contributed by atoms with van der Waals surface area (Å²) in [4.78, 5) is 12.5. The molecule has 1 aromatic heterocycles. The molecule has 0 N–H and O–H groups in total. The molecule has 1 fully saturated rings. The number of allylic oxidation sites excluding steroid dienone is 2. The summed E-state index contributed by atoms with van der Waals surface area (Å²) >= 11 is 0. The van der Waals surface area contributed by atoms with Crippen molar-refractivity contribution >= 4 is 10.8 Å². The van der Waals surface area contributed by atoms with E-state index < -0.39 is 11.4 Å². The summed E-state index contributed by atoms with van der Waals surface area (Å²) in [6.07, 6.45) is 12.9. The SMILES string of the molecule is C/C=C/CCC1CCC(c2cc3ccc(OCCCC)c(F)c3c(=O)o2)CC1. The highest BCUT2D eigenvalue weighted by molar-refractivity contribution is 5.83. The summed E-state index contributed by atoms with van der Waals surface area (Å²) in [5.74, 6) is 1.21. The zero-order valence-electron chi connectivity index (χ0n) is 17.0. The highest BCUT2D eigenvalue weighted by Gasteiger charge is 2.25. The molecule has 0 aliphatic heterocycles. The fourth-order valence-corrected chi connectivity index (χ4v) is 4.11. The summed E-state index contributed by atoms with van der Waals surface area (Å²) in [6.45, 7) is 4.55. The standard InChI is InChI=1S/C24H31FO3/c1-3-5-7-8-17-9-11-18(12-10-17)21-16-19-13-14-20(27-15-6-4-2)23(25)22(19)24(26)28-21/h3,5,13-14,16-18H,4,6-12,15H2,1-2H3/b5-3+. The minimum absolute atomic E-state index is 0.00205. The molecule has 152 valence electrons. The first-order valence-corrected chi connectivity index (χ1v) is 10.6. The van der Waals surface area contributed by atoms with Gasteiger partial charge >= 0.3 is 5.63 Å². The smallest absolute Gasteiger partial charge is 0.346 e. The zero-order chi connectivity index (χ0) is 19.9. The van der Waals surface area contributed by atoms with E-state index in [4.69, 9.17) is 9.15 Å². The lowest BCUT2D eigenvalue weighted by Crippen LogP contribution is -2.15. The van der Waals surface area contributed by atoms with Crippen LogP contribution in [-0.2, 0) is 0 Å². The summed E-state index contributed by atoms with van der Waals surface area (Å²) in [6, 6.07) is 5.23. The number of hydrogen-bond donors (Lipinski definition) is 0. The Morgan fingerprint density at radius 3 is 2.75 bits per heavy atom. The van der Waals surface area contributed by atoms with Gasteiger partial charge in [-0.2, -0.15) is 0 Å². The van der Waals surface area contributed by atoms with E-state index in [0.717, 1.165) is 50.9 Å². The molecule has 3 rings (SSSR count). The van der Waals surface area contributed by atoms with Gasteiger partial charge in [0, 0.05) is 5.92 Å². The molecule has 0 atom stereocenters. The molecule has 1 aliphatic carbocycles. The van der Waals surface area contributed by atoms with Crippen molar-refractivity contribution in [3.63, 3.8) is 0 Å².